The smallest absolute Gasteiger partial charge is 0.309 e. The molecule has 32 heavy (non-hydrogen) atoms. The van der Waals surface area contributed by atoms with Gasteiger partial charge in [0.05, 0.1) is 22.4 Å². The van der Waals surface area contributed by atoms with E-state index in [0.29, 0.717) is 22.3 Å². The average Bonchev–Trinajstić information content (AvgIpc) is 2.77. The zero-order chi connectivity index (χ0) is 23.3. The van der Waals surface area contributed by atoms with E-state index in [0.717, 1.165) is 0 Å². The van der Waals surface area contributed by atoms with Crippen LogP contribution < -0.4 is 0 Å². The first kappa shape index (κ1) is 22.5. The van der Waals surface area contributed by atoms with E-state index in [-0.39, 0.29) is 36.6 Å². The Bertz CT molecular complexity index is 1040. The molecule has 0 radical (unpaired) electrons. The van der Waals surface area contributed by atoms with Gasteiger partial charge in [-0.15, -0.1) is 0 Å². The van der Waals surface area contributed by atoms with Crippen LogP contribution in [0.5, 0.6) is 0 Å². The van der Waals surface area contributed by atoms with Crippen molar-refractivity contribution in [1.29, 1.82) is 0 Å². The first-order chi connectivity index (χ1) is 15.3. The maximum atomic E-state index is 13.1. The highest BCUT2D eigenvalue weighted by Crippen LogP contribution is 2.33. The number of carbonyl (C=O) groups is 2. The van der Waals surface area contributed by atoms with Gasteiger partial charge < -0.3 is 4.74 Å². The number of carbonyl (C=O) groups excluding carboxylic acids is 2. The summed E-state index contributed by atoms with van der Waals surface area (Å²) in [5.41, 5.74) is 1.83. The molecule has 1 fully saturated rings. The van der Waals surface area contributed by atoms with Crippen molar-refractivity contribution in [1.82, 2.24) is 0 Å². The SMILES string of the molecule is CCOC(=O)C1C/C(=C\c2ccc([N+](=O)[O-])cc2)C(=O)/C(=C/c2ccc([N+](=O)[O-])cc2)C1. The Hall–Kier alpha value is -4.14. The number of nitro groups is 2. The number of allylic oxidation sites excluding steroid dienone is 2. The first-order valence-corrected chi connectivity index (χ1v) is 9.90. The normalized spacial score (nSPS) is 18.5. The number of nitro benzene ring substituents is 2. The molecular formula is C23H20N2O7. The van der Waals surface area contributed by atoms with Crippen molar-refractivity contribution in [2.75, 3.05) is 6.61 Å². The molecule has 0 atom stereocenters. The highest BCUT2D eigenvalue weighted by molar-refractivity contribution is 6.14. The molecule has 0 aliphatic heterocycles. The van der Waals surface area contributed by atoms with Crippen molar-refractivity contribution in [3.63, 3.8) is 0 Å². The number of nitrogens with zero attached hydrogens (tertiary/aromatic N) is 2. The molecule has 0 saturated heterocycles. The van der Waals surface area contributed by atoms with Gasteiger partial charge in [-0.25, -0.2) is 0 Å². The van der Waals surface area contributed by atoms with Crippen LogP contribution in [0, 0.1) is 26.1 Å². The van der Waals surface area contributed by atoms with Crippen LogP contribution in [0.2, 0.25) is 0 Å². The van der Waals surface area contributed by atoms with Crippen LogP contribution in [0.4, 0.5) is 11.4 Å². The highest BCUT2D eigenvalue weighted by atomic mass is 16.6. The average molecular weight is 436 g/mol. The summed E-state index contributed by atoms with van der Waals surface area (Å²) in [6, 6.07) is 11.5. The molecule has 0 unspecified atom stereocenters. The van der Waals surface area contributed by atoms with Crippen molar-refractivity contribution in [3.05, 3.63) is 91.0 Å². The van der Waals surface area contributed by atoms with E-state index >= 15 is 0 Å². The molecule has 9 heteroatoms. The molecule has 2 aromatic carbocycles. The van der Waals surface area contributed by atoms with E-state index in [9.17, 15) is 29.8 Å². The van der Waals surface area contributed by atoms with Crippen molar-refractivity contribution in [2.45, 2.75) is 19.8 Å². The van der Waals surface area contributed by atoms with Crippen molar-refractivity contribution < 1.29 is 24.2 Å². The largest absolute Gasteiger partial charge is 0.466 e. The summed E-state index contributed by atoms with van der Waals surface area (Å²) in [6.45, 7) is 1.92. The molecule has 9 nitrogen and oxygen atoms in total. The fourth-order valence-corrected chi connectivity index (χ4v) is 3.46. The molecule has 0 aromatic heterocycles. The van der Waals surface area contributed by atoms with Crippen LogP contribution in [0.1, 0.15) is 30.9 Å². The predicted molar refractivity (Wildman–Crippen MR) is 117 cm³/mol. The van der Waals surface area contributed by atoms with Gasteiger partial charge in [-0.3, -0.25) is 29.8 Å². The fourth-order valence-electron chi connectivity index (χ4n) is 3.46. The van der Waals surface area contributed by atoms with Gasteiger partial charge in [0.1, 0.15) is 0 Å². The van der Waals surface area contributed by atoms with E-state index in [1.54, 1.807) is 19.1 Å². The van der Waals surface area contributed by atoms with Gasteiger partial charge in [0.2, 0.25) is 0 Å². The number of hydrogen-bond donors (Lipinski definition) is 0. The number of esters is 1. The number of ether oxygens (including phenoxy) is 1. The van der Waals surface area contributed by atoms with Gasteiger partial charge in [0.25, 0.3) is 11.4 Å². The zero-order valence-corrected chi connectivity index (χ0v) is 17.2. The Labute approximate surface area is 183 Å². The quantitative estimate of drug-likeness (QED) is 0.282. The Morgan fingerprint density at radius 2 is 1.31 bits per heavy atom. The van der Waals surface area contributed by atoms with Crippen LogP contribution >= 0.6 is 0 Å². The Morgan fingerprint density at radius 1 is 0.906 bits per heavy atom. The second-order valence-corrected chi connectivity index (χ2v) is 7.22. The Balaban J connectivity index is 1.95. The van der Waals surface area contributed by atoms with E-state index in [4.69, 9.17) is 4.74 Å². The number of hydrogen-bond acceptors (Lipinski definition) is 7. The minimum Gasteiger partial charge on any atom is -0.466 e. The summed E-state index contributed by atoms with van der Waals surface area (Å²) in [7, 11) is 0. The van der Waals surface area contributed by atoms with Gasteiger partial charge in [-0.1, -0.05) is 0 Å². The second-order valence-electron chi connectivity index (χ2n) is 7.22. The van der Waals surface area contributed by atoms with Gasteiger partial charge in [-0.2, -0.15) is 0 Å². The van der Waals surface area contributed by atoms with Crippen molar-refractivity contribution in [2.24, 2.45) is 5.92 Å². The summed E-state index contributed by atoms with van der Waals surface area (Å²) in [4.78, 5) is 46.2. The molecule has 1 aliphatic carbocycles. The van der Waals surface area contributed by atoms with E-state index in [2.05, 4.69) is 0 Å². The van der Waals surface area contributed by atoms with Gasteiger partial charge in [-0.05, 0) is 67.3 Å². The number of Topliss-reactive ketones (excluding diaryl/α,β-unsaturated/α-hetero) is 1. The third-order valence-electron chi connectivity index (χ3n) is 5.03. The fraction of sp³-hybridized carbons (Fsp3) is 0.217. The standard InChI is InChI=1S/C23H20N2O7/c1-2-32-23(27)19-13-17(11-15-3-7-20(8-4-15)24(28)29)22(26)18(14-19)12-16-5-9-21(10-6-16)25(30)31/h3-12,19H,2,13-14H2,1H3/b17-11+,18-12+. The molecule has 1 saturated carbocycles. The predicted octanol–water partition coefficient (Wildman–Crippen LogP) is 4.51. The number of non-ortho nitro benzene ring substituents is 2. The zero-order valence-electron chi connectivity index (χ0n) is 17.2. The lowest BCUT2D eigenvalue weighted by Gasteiger charge is -2.24. The van der Waals surface area contributed by atoms with Crippen LogP contribution in [0.15, 0.2) is 59.7 Å². The third-order valence-corrected chi connectivity index (χ3v) is 5.03. The summed E-state index contributed by atoms with van der Waals surface area (Å²) in [6.07, 6.45) is 3.60. The molecule has 1 aliphatic rings. The minimum absolute atomic E-state index is 0.0646. The molecule has 2 aromatic rings. The van der Waals surface area contributed by atoms with Crippen LogP contribution in [-0.2, 0) is 14.3 Å². The van der Waals surface area contributed by atoms with E-state index in [1.807, 2.05) is 0 Å². The van der Waals surface area contributed by atoms with Crippen LogP contribution in [0.25, 0.3) is 12.2 Å². The molecular weight excluding hydrogens is 416 g/mol. The third kappa shape index (κ3) is 5.31. The van der Waals surface area contributed by atoms with E-state index < -0.39 is 21.7 Å². The van der Waals surface area contributed by atoms with Crippen LogP contribution in [0.3, 0.4) is 0 Å². The summed E-state index contributed by atoms with van der Waals surface area (Å²) < 4.78 is 5.14. The number of benzene rings is 2. The van der Waals surface area contributed by atoms with E-state index in [1.165, 1.54) is 48.5 Å². The number of rotatable bonds is 6. The van der Waals surface area contributed by atoms with Gasteiger partial charge in [0.15, 0.2) is 5.78 Å². The summed E-state index contributed by atoms with van der Waals surface area (Å²) in [5, 5.41) is 21.7. The molecule has 0 bridgehead atoms. The first-order valence-electron chi connectivity index (χ1n) is 9.90. The lowest BCUT2D eigenvalue weighted by Crippen LogP contribution is -2.27. The Kier molecular flexibility index (Phi) is 6.89. The van der Waals surface area contributed by atoms with Crippen molar-refractivity contribution in [3.8, 4) is 0 Å². The Morgan fingerprint density at radius 3 is 1.66 bits per heavy atom. The lowest BCUT2D eigenvalue weighted by atomic mass is 9.79. The topological polar surface area (TPSA) is 130 Å². The second kappa shape index (κ2) is 9.78. The monoisotopic (exact) mass is 436 g/mol. The van der Waals surface area contributed by atoms with Crippen LogP contribution in [-0.4, -0.2) is 28.2 Å². The molecule has 0 heterocycles. The highest BCUT2D eigenvalue weighted by Gasteiger charge is 2.33. The molecule has 0 spiro atoms. The lowest BCUT2D eigenvalue weighted by molar-refractivity contribution is -0.385. The number of ketones is 1. The van der Waals surface area contributed by atoms with Gasteiger partial charge in [0, 0.05) is 35.4 Å². The molecule has 3 rings (SSSR count). The van der Waals surface area contributed by atoms with Gasteiger partial charge >= 0.3 is 5.97 Å². The minimum atomic E-state index is -0.554. The molecule has 0 amide bonds. The summed E-state index contributed by atoms with van der Waals surface area (Å²) >= 11 is 0. The van der Waals surface area contributed by atoms with Crippen molar-refractivity contribution >= 4 is 35.3 Å². The molecule has 0 N–H and O–H groups in total. The molecule has 164 valence electrons. The maximum Gasteiger partial charge on any atom is 0.309 e. The summed E-state index contributed by atoms with van der Waals surface area (Å²) in [5.74, 6) is -1.22. The maximum absolute atomic E-state index is 13.1.